The quantitative estimate of drug-likeness (QED) is 0.913. The summed E-state index contributed by atoms with van der Waals surface area (Å²) in [6, 6.07) is 0. The number of aryl methyl sites for hydroxylation is 2. The van der Waals surface area contributed by atoms with Gasteiger partial charge in [0.2, 0.25) is 0 Å². The van der Waals surface area contributed by atoms with E-state index in [-0.39, 0.29) is 0 Å². The van der Waals surface area contributed by atoms with E-state index in [0.29, 0.717) is 5.82 Å². The molecular weight excluding hydrogens is 238 g/mol. The zero-order valence-electron chi connectivity index (χ0n) is 12.5. The Hall–Kier alpha value is -1.62. The lowest BCUT2D eigenvalue weighted by Crippen LogP contribution is -2.23. The van der Waals surface area contributed by atoms with Crippen LogP contribution in [0.15, 0.2) is 0 Å². The molecule has 19 heavy (non-hydrogen) atoms. The number of likely N-dealkylation sites (N-methyl/N-ethyl adjacent to an activating group) is 1. The van der Waals surface area contributed by atoms with Crippen molar-refractivity contribution in [1.82, 2.24) is 19.4 Å². The highest BCUT2D eigenvalue weighted by molar-refractivity contribution is 5.91. The second-order valence-corrected chi connectivity index (χ2v) is 5.11. The highest BCUT2D eigenvalue weighted by Crippen LogP contribution is 2.27. The molecule has 0 saturated heterocycles. The second-order valence-electron chi connectivity index (χ2n) is 5.11. The number of hydrogen-bond donors (Lipinski definition) is 1. The molecule has 0 aliphatic carbocycles. The monoisotopic (exact) mass is 261 g/mol. The van der Waals surface area contributed by atoms with Gasteiger partial charge in [-0.15, -0.1) is 0 Å². The number of nitrogen functional groups attached to an aromatic ring is 1. The number of nitrogens with zero attached hydrogens (tertiary/aromatic N) is 4. The molecule has 0 bridgehead atoms. The van der Waals surface area contributed by atoms with Crippen molar-refractivity contribution in [1.29, 1.82) is 0 Å². The van der Waals surface area contributed by atoms with E-state index >= 15 is 0 Å². The van der Waals surface area contributed by atoms with E-state index in [1.54, 1.807) is 0 Å². The number of fused-ring (bicyclic) bond motifs is 1. The van der Waals surface area contributed by atoms with Crippen molar-refractivity contribution in [3.8, 4) is 0 Å². The number of rotatable bonds is 4. The minimum Gasteiger partial charge on any atom is -0.383 e. The van der Waals surface area contributed by atoms with Crippen LogP contribution in [0.1, 0.15) is 24.0 Å². The van der Waals surface area contributed by atoms with Gasteiger partial charge >= 0.3 is 0 Å². The van der Waals surface area contributed by atoms with Crippen LogP contribution in [-0.4, -0.2) is 39.6 Å². The third-order valence-electron chi connectivity index (χ3n) is 3.85. The van der Waals surface area contributed by atoms with Gasteiger partial charge in [0, 0.05) is 18.8 Å². The van der Waals surface area contributed by atoms with Crippen molar-refractivity contribution in [2.75, 3.05) is 25.9 Å². The fourth-order valence-electron chi connectivity index (χ4n) is 2.38. The van der Waals surface area contributed by atoms with Crippen molar-refractivity contribution in [3.63, 3.8) is 0 Å². The predicted octanol–water partition coefficient (Wildman–Crippen LogP) is 1.89. The Morgan fingerprint density at radius 2 is 1.89 bits per heavy atom. The van der Waals surface area contributed by atoms with Gasteiger partial charge in [-0.1, -0.05) is 6.92 Å². The molecule has 2 heterocycles. The van der Waals surface area contributed by atoms with E-state index in [9.17, 15) is 0 Å². The van der Waals surface area contributed by atoms with Gasteiger partial charge in [-0.3, -0.25) is 0 Å². The fourth-order valence-corrected chi connectivity index (χ4v) is 2.38. The van der Waals surface area contributed by atoms with Crippen molar-refractivity contribution in [2.24, 2.45) is 0 Å². The summed E-state index contributed by atoms with van der Waals surface area (Å²) in [5.41, 5.74) is 9.42. The van der Waals surface area contributed by atoms with E-state index in [2.05, 4.69) is 47.3 Å². The zero-order chi connectivity index (χ0) is 14.2. The maximum Gasteiger partial charge on any atom is 0.146 e. The molecule has 2 aromatic heterocycles. The predicted molar refractivity (Wildman–Crippen MR) is 79.3 cm³/mol. The van der Waals surface area contributed by atoms with Gasteiger partial charge < -0.3 is 15.2 Å². The number of nitrogens with two attached hydrogens (primary N) is 1. The van der Waals surface area contributed by atoms with Crippen LogP contribution >= 0.6 is 0 Å². The molecule has 0 fully saturated rings. The van der Waals surface area contributed by atoms with Crippen LogP contribution in [0.25, 0.3) is 11.0 Å². The lowest BCUT2D eigenvalue weighted by atomic mass is 10.2. The largest absolute Gasteiger partial charge is 0.383 e. The van der Waals surface area contributed by atoms with Crippen molar-refractivity contribution in [2.45, 2.75) is 34.2 Å². The average molecular weight is 261 g/mol. The molecule has 0 aliphatic heterocycles. The molecule has 0 aromatic carbocycles. The van der Waals surface area contributed by atoms with E-state index in [0.717, 1.165) is 36.5 Å². The highest BCUT2D eigenvalue weighted by atomic mass is 15.1. The summed E-state index contributed by atoms with van der Waals surface area (Å²) in [6.07, 6.45) is 0. The molecular formula is C14H23N5. The zero-order valence-corrected chi connectivity index (χ0v) is 12.5. The van der Waals surface area contributed by atoms with Crippen molar-refractivity contribution < 1.29 is 0 Å². The molecule has 5 nitrogen and oxygen atoms in total. The third-order valence-corrected chi connectivity index (χ3v) is 3.85. The fraction of sp³-hybridized carbons (Fsp3) is 0.571. The highest BCUT2D eigenvalue weighted by Gasteiger charge is 2.16. The van der Waals surface area contributed by atoms with Gasteiger partial charge in [-0.05, 0) is 39.9 Å². The molecule has 2 rings (SSSR count). The molecule has 0 unspecified atom stereocenters. The number of hydrogen-bond acceptors (Lipinski definition) is 4. The summed E-state index contributed by atoms with van der Waals surface area (Å²) >= 11 is 0. The van der Waals surface area contributed by atoms with Crippen LogP contribution < -0.4 is 5.73 Å². The number of aromatic nitrogens is 3. The molecule has 0 aliphatic rings. The maximum absolute atomic E-state index is 6.05. The Bertz CT molecular complexity index is 600. The SMILES string of the molecule is CCN(C)CCn1c(C)c(C)c2c(N)nc(C)nc21. The van der Waals surface area contributed by atoms with Crippen molar-refractivity contribution in [3.05, 3.63) is 17.1 Å². The van der Waals surface area contributed by atoms with E-state index < -0.39 is 0 Å². The maximum atomic E-state index is 6.05. The Morgan fingerprint density at radius 1 is 1.21 bits per heavy atom. The molecule has 0 radical (unpaired) electrons. The second kappa shape index (κ2) is 5.17. The molecule has 5 heteroatoms. The Morgan fingerprint density at radius 3 is 2.53 bits per heavy atom. The average Bonchev–Trinajstić information content (AvgIpc) is 2.59. The standard InChI is InChI=1S/C14H23N5/c1-6-18(5)7-8-19-10(3)9(2)12-13(15)16-11(4)17-14(12)19/h6-8H2,1-5H3,(H2,15,16,17). The lowest BCUT2D eigenvalue weighted by Gasteiger charge is -2.15. The van der Waals surface area contributed by atoms with Crippen LogP contribution in [0, 0.1) is 20.8 Å². The van der Waals surface area contributed by atoms with Crippen LogP contribution in [0.4, 0.5) is 5.82 Å². The molecule has 0 saturated carbocycles. The van der Waals surface area contributed by atoms with Gasteiger partial charge in [-0.2, -0.15) is 0 Å². The molecule has 0 amide bonds. The van der Waals surface area contributed by atoms with Crippen molar-refractivity contribution >= 4 is 16.9 Å². The van der Waals surface area contributed by atoms with Gasteiger partial charge in [0.1, 0.15) is 17.3 Å². The van der Waals surface area contributed by atoms with Crippen LogP contribution in [0.3, 0.4) is 0 Å². The summed E-state index contributed by atoms with van der Waals surface area (Å²) in [4.78, 5) is 11.1. The van der Waals surface area contributed by atoms with Gasteiger partial charge in [0.25, 0.3) is 0 Å². The summed E-state index contributed by atoms with van der Waals surface area (Å²) in [6.45, 7) is 11.2. The molecule has 0 atom stereocenters. The van der Waals surface area contributed by atoms with Crippen LogP contribution in [0.5, 0.6) is 0 Å². The van der Waals surface area contributed by atoms with Crippen LogP contribution in [-0.2, 0) is 6.54 Å². The normalized spacial score (nSPS) is 11.7. The summed E-state index contributed by atoms with van der Waals surface area (Å²) in [5.74, 6) is 1.32. The molecule has 2 aromatic rings. The Kier molecular flexibility index (Phi) is 3.75. The van der Waals surface area contributed by atoms with Crippen LogP contribution in [0.2, 0.25) is 0 Å². The molecule has 0 spiro atoms. The van der Waals surface area contributed by atoms with E-state index in [4.69, 9.17) is 5.73 Å². The first-order valence-corrected chi connectivity index (χ1v) is 6.73. The first kappa shape index (κ1) is 13.8. The first-order valence-electron chi connectivity index (χ1n) is 6.73. The first-order chi connectivity index (χ1) is 8.95. The summed E-state index contributed by atoms with van der Waals surface area (Å²) in [5, 5.41) is 1.00. The summed E-state index contributed by atoms with van der Waals surface area (Å²) < 4.78 is 2.25. The van der Waals surface area contributed by atoms with E-state index in [1.165, 1.54) is 11.3 Å². The topological polar surface area (TPSA) is 60.0 Å². The molecule has 104 valence electrons. The van der Waals surface area contributed by atoms with Gasteiger partial charge in [-0.25, -0.2) is 9.97 Å². The van der Waals surface area contributed by atoms with E-state index in [1.807, 2.05) is 6.92 Å². The summed E-state index contributed by atoms with van der Waals surface area (Å²) in [7, 11) is 2.13. The minimum absolute atomic E-state index is 0.589. The number of anilines is 1. The molecule has 2 N–H and O–H groups in total. The van der Waals surface area contributed by atoms with Gasteiger partial charge in [0.05, 0.1) is 5.39 Å². The minimum atomic E-state index is 0.589. The Labute approximate surface area is 114 Å². The smallest absolute Gasteiger partial charge is 0.146 e. The Balaban J connectivity index is 2.51. The lowest BCUT2D eigenvalue weighted by molar-refractivity contribution is 0.336. The van der Waals surface area contributed by atoms with Gasteiger partial charge in [0.15, 0.2) is 0 Å². The third kappa shape index (κ3) is 2.42.